The van der Waals surface area contributed by atoms with E-state index in [1.807, 2.05) is 0 Å². The van der Waals surface area contributed by atoms with Crippen molar-refractivity contribution in [2.45, 2.75) is 32.6 Å². The smallest absolute Gasteiger partial charge is 0.295 e. The second-order valence-electron chi connectivity index (χ2n) is 5.30. The molecule has 1 aromatic heterocycles. The van der Waals surface area contributed by atoms with Gasteiger partial charge in [0.1, 0.15) is 11.5 Å². The summed E-state index contributed by atoms with van der Waals surface area (Å²) >= 11 is 0. The molecule has 2 N–H and O–H groups in total. The fourth-order valence-corrected chi connectivity index (χ4v) is 2.53. The van der Waals surface area contributed by atoms with Gasteiger partial charge in [-0.1, -0.05) is 6.07 Å². The predicted molar refractivity (Wildman–Crippen MR) is 80.3 cm³/mol. The molecule has 1 aromatic carbocycles. The summed E-state index contributed by atoms with van der Waals surface area (Å²) in [6, 6.07) is 3.25. The molecule has 0 bridgehead atoms. The number of halogens is 3. The van der Waals surface area contributed by atoms with Gasteiger partial charge in [0.2, 0.25) is 0 Å². The van der Waals surface area contributed by atoms with E-state index in [9.17, 15) is 22.8 Å². The number of aromatic nitrogens is 1. The Morgan fingerprint density at radius 1 is 1.30 bits per heavy atom. The molecule has 2 aromatic rings. The quantitative estimate of drug-likeness (QED) is 0.857. The van der Waals surface area contributed by atoms with Crippen LogP contribution in [0.25, 0.3) is 10.9 Å². The van der Waals surface area contributed by atoms with Gasteiger partial charge in [0.15, 0.2) is 5.78 Å². The topological polar surface area (TPSA) is 62.0 Å². The fraction of sp³-hybridized carbons (Fsp3) is 0.375. The molecule has 0 fully saturated rings. The number of aryl methyl sites for hydroxylation is 2. The van der Waals surface area contributed by atoms with Gasteiger partial charge in [-0.2, -0.15) is 0 Å². The van der Waals surface area contributed by atoms with Crippen molar-refractivity contribution in [2.75, 3.05) is 7.05 Å². The van der Waals surface area contributed by atoms with Crippen molar-refractivity contribution in [1.29, 1.82) is 0 Å². The molecule has 0 radical (unpaired) electrons. The third-order valence-electron chi connectivity index (χ3n) is 3.75. The van der Waals surface area contributed by atoms with Gasteiger partial charge in [0.25, 0.3) is 12.3 Å². The van der Waals surface area contributed by atoms with Gasteiger partial charge in [-0.05, 0) is 37.0 Å². The lowest BCUT2D eigenvalue weighted by Crippen LogP contribution is -2.20. The first-order valence-electron chi connectivity index (χ1n) is 7.19. The van der Waals surface area contributed by atoms with Crippen LogP contribution in [0.4, 0.5) is 13.2 Å². The zero-order valence-corrected chi connectivity index (χ0v) is 12.8. The Kier molecular flexibility index (Phi) is 5.08. The van der Waals surface area contributed by atoms with E-state index in [0.29, 0.717) is 16.6 Å². The van der Waals surface area contributed by atoms with E-state index in [1.54, 1.807) is 19.1 Å². The van der Waals surface area contributed by atoms with E-state index in [4.69, 9.17) is 0 Å². The number of hydrogen-bond donors (Lipinski definition) is 2. The van der Waals surface area contributed by atoms with E-state index in [-0.39, 0.29) is 30.3 Å². The predicted octanol–water partition coefficient (Wildman–Crippen LogP) is 3.13. The first kappa shape index (κ1) is 17.1. The van der Waals surface area contributed by atoms with Crippen molar-refractivity contribution < 1.29 is 22.8 Å². The second kappa shape index (κ2) is 6.85. The lowest BCUT2D eigenvalue weighted by molar-refractivity contribution is -0.129. The lowest BCUT2D eigenvalue weighted by Gasteiger charge is -2.05. The fourth-order valence-electron chi connectivity index (χ4n) is 2.53. The highest BCUT2D eigenvalue weighted by atomic mass is 19.3. The number of amides is 1. The van der Waals surface area contributed by atoms with Crippen molar-refractivity contribution in [3.63, 3.8) is 0 Å². The molecule has 1 heterocycles. The molecular formula is C16H17F3N2O2. The van der Waals surface area contributed by atoms with Crippen molar-refractivity contribution in [3.8, 4) is 0 Å². The molecule has 4 nitrogen and oxygen atoms in total. The van der Waals surface area contributed by atoms with Gasteiger partial charge < -0.3 is 10.3 Å². The number of carbonyl (C=O) groups excluding carboxylic acids is 2. The summed E-state index contributed by atoms with van der Waals surface area (Å²) in [5, 5.41) is 2.73. The maximum absolute atomic E-state index is 14.4. The average molecular weight is 326 g/mol. The molecule has 0 saturated heterocycles. The maximum Gasteiger partial charge on any atom is 0.295 e. The molecule has 0 unspecified atom stereocenters. The minimum absolute atomic E-state index is 0.119. The maximum atomic E-state index is 14.4. The van der Waals surface area contributed by atoms with Gasteiger partial charge >= 0.3 is 0 Å². The zero-order chi connectivity index (χ0) is 17.1. The van der Waals surface area contributed by atoms with E-state index in [0.717, 1.165) is 0 Å². The van der Waals surface area contributed by atoms with Crippen LogP contribution < -0.4 is 5.32 Å². The van der Waals surface area contributed by atoms with Crippen molar-refractivity contribution in [2.24, 2.45) is 0 Å². The van der Waals surface area contributed by atoms with Crippen LogP contribution >= 0.6 is 0 Å². The molecule has 0 spiro atoms. The molecule has 0 atom stereocenters. The van der Waals surface area contributed by atoms with Gasteiger partial charge in [-0.15, -0.1) is 0 Å². The number of aromatic amines is 1. The van der Waals surface area contributed by atoms with E-state index in [2.05, 4.69) is 10.3 Å². The third kappa shape index (κ3) is 3.38. The number of nitrogens with one attached hydrogen (secondary N) is 2. The highest BCUT2D eigenvalue weighted by Crippen LogP contribution is 2.28. The van der Waals surface area contributed by atoms with Crippen LogP contribution in [0.15, 0.2) is 12.1 Å². The molecule has 2 rings (SSSR count). The highest BCUT2D eigenvalue weighted by molar-refractivity contribution is 6.01. The molecule has 0 saturated carbocycles. The van der Waals surface area contributed by atoms with Crippen LogP contribution in [0.2, 0.25) is 0 Å². The number of H-pyrrole nitrogens is 1. The van der Waals surface area contributed by atoms with Crippen LogP contribution in [-0.4, -0.2) is 30.1 Å². The molecule has 0 aliphatic rings. The van der Waals surface area contributed by atoms with Crippen molar-refractivity contribution in [3.05, 3.63) is 34.8 Å². The van der Waals surface area contributed by atoms with Crippen LogP contribution in [0, 0.1) is 12.7 Å². The first-order valence-corrected chi connectivity index (χ1v) is 7.19. The monoisotopic (exact) mass is 326 g/mol. The van der Waals surface area contributed by atoms with Crippen LogP contribution in [0.1, 0.15) is 34.5 Å². The standard InChI is InChI=1S/C16H17F3N2O2/c1-8-6-7-10-12(13(8)17)9(14(21-10)16(23)20-2)4-3-5-11(22)15(18)19/h6-7,15,21H,3-5H2,1-2H3,(H,20,23). The summed E-state index contributed by atoms with van der Waals surface area (Å²) in [5.41, 5.74) is 1.48. The number of Topliss-reactive ketones (excluding diaryl/α,β-unsaturated/α-hetero) is 1. The Hall–Kier alpha value is -2.31. The van der Waals surface area contributed by atoms with Crippen LogP contribution in [0.3, 0.4) is 0 Å². The lowest BCUT2D eigenvalue weighted by atomic mass is 10.0. The second-order valence-corrected chi connectivity index (χ2v) is 5.30. The van der Waals surface area contributed by atoms with E-state index >= 15 is 0 Å². The number of alkyl halides is 2. The van der Waals surface area contributed by atoms with Crippen molar-refractivity contribution >= 4 is 22.6 Å². The normalized spacial score (nSPS) is 11.2. The minimum Gasteiger partial charge on any atom is -0.354 e. The third-order valence-corrected chi connectivity index (χ3v) is 3.75. The summed E-state index contributed by atoms with van der Waals surface area (Å²) in [4.78, 5) is 25.8. The van der Waals surface area contributed by atoms with E-state index < -0.39 is 23.9 Å². The van der Waals surface area contributed by atoms with Gasteiger partial charge in [0.05, 0.1) is 0 Å². The molecule has 0 aliphatic heterocycles. The molecule has 0 aliphatic carbocycles. The average Bonchev–Trinajstić information content (AvgIpc) is 2.89. The van der Waals surface area contributed by atoms with Gasteiger partial charge in [0, 0.05) is 24.4 Å². The number of ketones is 1. The summed E-state index contributed by atoms with van der Waals surface area (Å²) in [6.45, 7) is 1.60. The zero-order valence-electron chi connectivity index (χ0n) is 12.8. The Bertz CT molecular complexity index is 753. The minimum atomic E-state index is -3.00. The van der Waals surface area contributed by atoms with Crippen molar-refractivity contribution in [1.82, 2.24) is 10.3 Å². The molecule has 1 amide bonds. The number of benzene rings is 1. The van der Waals surface area contributed by atoms with E-state index in [1.165, 1.54) is 7.05 Å². The summed E-state index contributed by atoms with van der Waals surface area (Å²) < 4.78 is 38.9. The number of hydrogen-bond acceptors (Lipinski definition) is 2. The van der Waals surface area contributed by atoms with Gasteiger partial charge in [-0.25, -0.2) is 13.2 Å². The highest BCUT2D eigenvalue weighted by Gasteiger charge is 2.21. The molecule has 124 valence electrons. The van der Waals surface area contributed by atoms with Crippen LogP contribution in [0.5, 0.6) is 0 Å². The largest absolute Gasteiger partial charge is 0.354 e. The van der Waals surface area contributed by atoms with Crippen LogP contribution in [-0.2, 0) is 11.2 Å². The summed E-state index contributed by atoms with van der Waals surface area (Å²) in [7, 11) is 1.44. The first-order chi connectivity index (χ1) is 10.9. The Morgan fingerprint density at radius 3 is 2.61 bits per heavy atom. The van der Waals surface area contributed by atoms with Gasteiger partial charge in [-0.3, -0.25) is 9.59 Å². The Labute approximate surface area is 131 Å². The number of rotatable bonds is 6. The number of carbonyl (C=O) groups is 2. The molecule has 7 heteroatoms. The number of fused-ring (bicyclic) bond motifs is 1. The Morgan fingerprint density at radius 2 is 2.00 bits per heavy atom. The Balaban J connectivity index is 2.40. The molecule has 23 heavy (non-hydrogen) atoms. The summed E-state index contributed by atoms with van der Waals surface area (Å²) in [6.07, 6.45) is -3.05. The SMILES string of the molecule is CNC(=O)c1[nH]c2ccc(C)c(F)c2c1CCCC(=O)C(F)F. The molecular weight excluding hydrogens is 309 g/mol. The summed E-state index contributed by atoms with van der Waals surface area (Å²) in [5.74, 6) is -2.03.